The van der Waals surface area contributed by atoms with Crippen LogP contribution in [0.2, 0.25) is 0 Å². The summed E-state index contributed by atoms with van der Waals surface area (Å²) in [6, 6.07) is 8.78. The number of aliphatic imine (C=N–C) groups is 1. The summed E-state index contributed by atoms with van der Waals surface area (Å²) in [5.41, 5.74) is 2.88. The first-order valence-corrected chi connectivity index (χ1v) is 8.47. The SMILES string of the molecule is CCN(C)C=Nc1cc(C)c(Oc2ccc(I)c(F)c2)cc1C. The topological polar surface area (TPSA) is 24.8 Å². The molecule has 0 saturated carbocycles. The van der Waals surface area contributed by atoms with Crippen LogP contribution in [0.15, 0.2) is 35.3 Å². The van der Waals surface area contributed by atoms with E-state index >= 15 is 0 Å². The summed E-state index contributed by atoms with van der Waals surface area (Å²) in [4.78, 5) is 6.50. The van der Waals surface area contributed by atoms with Gasteiger partial charge in [-0.15, -0.1) is 0 Å². The van der Waals surface area contributed by atoms with E-state index in [0.717, 1.165) is 23.4 Å². The van der Waals surface area contributed by atoms with Gasteiger partial charge in [0, 0.05) is 23.2 Å². The average Bonchev–Trinajstić information content (AvgIpc) is 2.52. The maximum absolute atomic E-state index is 13.6. The number of halogens is 2. The van der Waals surface area contributed by atoms with Gasteiger partial charge in [-0.2, -0.15) is 0 Å². The highest BCUT2D eigenvalue weighted by molar-refractivity contribution is 14.1. The van der Waals surface area contributed by atoms with E-state index in [0.29, 0.717) is 15.1 Å². The lowest BCUT2D eigenvalue weighted by atomic mass is 10.1. The zero-order chi connectivity index (χ0) is 17.0. The molecule has 2 aromatic carbocycles. The summed E-state index contributed by atoms with van der Waals surface area (Å²) in [5, 5.41) is 0. The molecule has 0 spiro atoms. The number of ether oxygens (including phenoxy) is 1. The molecule has 0 aromatic heterocycles. The summed E-state index contributed by atoms with van der Waals surface area (Å²) in [5.74, 6) is 0.930. The maximum Gasteiger partial charge on any atom is 0.140 e. The van der Waals surface area contributed by atoms with Crippen LogP contribution in [0.25, 0.3) is 0 Å². The predicted molar refractivity (Wildman–Crippen MR) is 102 cm³/mol. The molecule has 0 fully saturated rings. The van der Waals surface area contributed by atoms with Crippen molar-refractivity contribution in [3.05, 3.63) is 50.8 Å². The van der Waals surface area contributed by atoms with Crippen LogP contribution >= 0.6 is 22.6 Å². The number of benzene rings is 2. The Labute approximate surface area is 150 Å². The second-order valence-electron chi connectivity index (χ2n) is 5.40. The average molecular weight is 426 g/mol. The minimum absolute atomic E-state index is 0.277. The Hall–Kier alpha value is -1.63. The van der Waals surface area contributed by atoms with Crippen molar-refractivity contribution in [1.82, 2.24) is 4.90 Å². The molecule has 2 rings (SSSR count). The van der Waals surface area contributed by atoms with Gasteiger partial charge in [0.2, 0.25) is 0 Å². The Bertz CT molecular complexity index is 731. The molecule has 0 atom stereocenters. The Morgan fingerprint density at radius 2 is 1.96 bits per heavy atom. The highest BCUT2D eigenvalue weighted by atomic mass is 127. The molecule has 23 heavy (non-hydrogen) atoms. The van der Waals surface area contributed by atoms with Crippen LogP contribution in [-0.2, 0) is 0 Å². The molecular weight excluding hydrogens is 406 g/mol. The lowest BCUT2D eigenvalue weighted by molar-refractivity contribution is 0.472. The minimum Gasteiger partial charge on any atom is -0.457 e. The van der Waals surface area contributed by atoms with E-state index in [1.807, 2.05) is 66.9 Å². The fourth-order valence-corrected chi connectivity index (χ4v) is 2.27. The normalized spacial score (nSPS) is 11.0. The van der Waals surface area contributed by atoms with Crippen molar-refractivity contribution < 1.29 is 9.13 Å². The van der Waals surface area contributed by atoms with Crippen LogP contribution in [0.5, 0.6) is 11.5 Å². The summed E-state index contributed by atoms with van der Waals surface area (Å²) >= 11 is 1.96. The van der Waals surface area contributed by atoms with Crippen LogP contribution in [0, 0.1) is 23.2 Å². The molecule has 2 aromatic rings. The van der Waals surface area contributed by atoms with Crippen molar-refractivity contribution in [1.29, 1.82) is 0 Å². The molecule has 3 nitrogen and oxygen atoms in total. The third-order valence-electron chi connectivity index (χ3n) is 3.51. The quantitative estimate of drug-likeness (QED) is 0.361. The third kappa shape index (κ3) is 4.67. The van der Waals surface area contributed by atoms with Crippen LogP contribution < -0.4 is 4.74 Å². The molecule has 0 amide bonds. The van der Waals surface area contributed by atoms with E-state index in [2.05, 4.69) is 11.9 Å². The van der Waals surface area contributed by atoms with Gasteiger partial charge in [0.1, 0.15) is 17.3 Å². The zero-order valence-electron chi connectivity index (χ0n) is 13.7. The lowest BCUT2D eigenvalue weighted by Gasteiger charge is -2.13. The molecule has 0 saturated heterocycles. The highest BCUT2D eigenvalue weighted by Gasteiger charge is 2.08. The first-order valence-electron chi connectivity index (χ1n) is 7.39. The Kier molecular flexibility index (Phi) is 5.98. The zero-order valence-corrected chi connectivity index (χ0v) is 15.9. The molecule has 5 heteroatoms. The largest absolute Gasteiger partial charge is 0.457 e. The molecule has 0 heterocycles. The highest BCUT2D eigenvalue weighted by Crippen LogP contribution is 2.32. The number of nitrogens with zero attached hydrogens (tertiary/aromatic N) is 2. The van der Waals surface area contributed by atoms with Gasteiger partial charge >= 0.3 is 0 Å². The number of hydrogen-bond acceptors (Lipinski definition) is 2. The summed E-state index contributed by atoms with van der Waals surface area (Å²) < 4.78 is 20.0. The van der Waals surface area contributed by atoms with Crippen molar-refractivity contribution in [2.75, 3.05) is 13.6 Å². The summed E-state index contributed by atoms with van der Waals surface area (Å²) in [6.07, 6.45) is 1.82. The molecule has 0 bridgehead atoms. The first kappa shape index (κ1) is 17.7. The van der Waals surface area contributed by atoms with E-state index in [-0.39, 0.29) is 5.82 Å². The smallest absolute Gasteiger partial charge is 0.140 e. The summed E-state index contributed by atoms with van der Waals surface area (Å²) in [7, 11) is 1.98. The van der Waals surface area contributed by atoms with E-state index in [4.69, 9.17) is 4.74 Å². The van der Waals surface area contributed by atoms with Crippen molar-refractivity contribution in [3.63, 3.8) is 0 Å². The molecule has 0 aliphatic heterocycles. The van der Waals surface area contributed by atoms with Gasteiger partial charge in [-0.05, 0) is 78.8 Å². The Morgan fingerprint density at radius 3 is 2.61 bits per heavy atom. The maximum atomic E-state index is 13.6. The molecule has 0 N–H and O–H groups in total. The van der Waals surface area contributed by atoms with Gasteiger partial charge in [-0.1, -0.05) is 0 Å². The van der Waals surface area contributed by atoms with Crippen molar-refractivity contribution >= 4 is 34.6 Å². The second kappa shape index (κ2) is 7.77. The van der Waals surface area contributed by atoms with Gasteiger partial charge in [0.25, 0.3) is 0 Å². The fourth-order valence-electron chi connectivity index (χ4n) is 1.93. The van der Waals surface area contributed by atoms with Gasteiger partial charge in [-0.25, -0.2) is 9.38 Å². The van der Waals surface area contributed by atoms with Crippen molar-refractivity contribution in [2.24, 2.45) is 4.99 Å². The van der Waals surface area contributed by atoms with Crippen LogP contribution in [0.3, 0.4) is 0 Å². The molecule has 0 aliphatic rings. The first-order chi connectivity index (χ1) is 10.9. The van der Waals surface area contributed by atoms with Crippen molar-refractivity contribution in [3.8, 4) is 11.5 Å². The van der Waals surface area contributed by atoms with Crippen LogP contribution in [-0.4, -0.2) is 24.8 Å². The van der Waals surface area contributed by atoms with Gasteiger partial charge in [0.15, 0.2) is 0 Å². The molecule has 122 valence electrons. The third-order valence-corrected chi connectivity index (χ3v) is 4.38. The Morgan fingerprint density at radius 1 is 1.22 bits per heavy atom. The van der Waals surface area contributed by atoms with Gasteiger partial charge < -0.3 is 9.64 Å². The van der Waals surface area contributed by atoms with Crippen molar-refractivity contribution in [2.45, 2.75) is 20.8 Å². The number of rotatable bonds is 5. The van der Waals surface area contributed by atoms with E-state index in [1.165, 1.54) is 6.07 Å². The summed E-state index contributed by atoms with van der Waals surface area (Å²) in [6.45, 7) is 6.92. The standard InChI is InChI=1S/C18H20FIN2O/c1-5-22(4)11-21-17-8-13(3)18(9-12(17)2)23-14-6-7-16(20)15(19)10-14/h6-11H,5H2,1-4H3. The van der Waals surface area contributed by atoms with E-state index < -0.39 is 0 Å². The molecule has 0 radical (unpaired) electrons. The molecule has 0 aliphatic carbocycles. The fraction of sp³-hybridized carbons (Fsp3) is 0.278. The lowest BCUT2D eigenvalue weighted by Crippen LogP contribution is -2.14. The van der Waals surface area contributed by atoms with Gasteiger partial charge in [0.05, 0.1) is 12.0 Å². The molecule has 0 unspecified atom stereocenters. The van der Waals surface area contributed by atoms with Crippen LogP contribution in [0.4, 0.5) is 10.1 Å². The monoisotopic (exact) mass is 426 g/mol. The van der Waals surface area contributed by atoms with Gasteiger partial charge in [-0.3, -0.25) is 0 Å². The Balaban J connectivity index is 2.25. The number of aryl methyl sites for hydroxylation is 2. The molecular formula is C18H20FIN2O. The van der Waals surface area contributed by atoms with E-state index in [1.54, 1.807) is 12.1 Å². The predicted octanol–water partition coefficient (Wildman–Crippen LogP) is 5.45. The minimum atomic E-state index is -0.277. The number of hydrogen-bond donors (Lipinski definition) is 0. The van der Waals surface area contributed by atoms with Crippen LogP contribution in [0.1, 0.15) is 18.1 Å². The second-order valence-corrected chi connectivity index (χ2v) is 6.56. The van der Waals surface area contributed by atoms with E-state index in [9.17, 15) is 4.39 Å².